The van der Waals surface area contributed by atoms with E-state index in [2.05, 4.69) is 0 Å². The van der Waals surface area contributed by atoms with Crippen LogP contribution in [0.15, 0.2) is 42.5 Å². The van der Waals surface area contributed by atoms with Gasteiger partial charge in [-0.3, -0.25) is 14.4 Å². The second-order valence-electron chi connectivity index (χ2n) is 5.20. The van der Waals surface area contributed by atoms with E-state index in [9.17, 15) is 19.2 Å². The summed E-state index contributed by atoms with van der Waals surface area (Å²) in [5, 5.41) is 0.248. The smallest absolute Gasteiger partial charge is 0.338 e. The second kappa shape index (κ2) is 6.37. The number of primary amides is 1. The first-order chi connectivity index (χ1) is 11.9. The predicted octanol–water partition coefficient (Wildman–Crippen LogP) is 1.78. The first-order valence-electron chi connectivity index (χ1n) is 7.13. The monoisotopic (exact) mass is 358 g/mol. The summed E-state index contributed by atoms with van der Waals surface area (Å²) in [6.07, 6.45) is 0. The van der Waals surface area contributed by atoms with Crippen LogP contribution in [0.25, 0.3) is 0 Å². The van der Waals surface area contributed by atoms with Gasteiger partial charge >= 0.3 is 5.97 Å². The molecule has 1 aliphatic rings. The van der Waals surface area contributed by atoms with E-state index in [1.165, 1.54) is 18.2 Å². The van der Waals surface area contributed by atoms with Gasteiger partial charge in [0.25, 0.3) is 17.7 Å². The summed E-state index contributed by atoms with van der Waals surface area (Å²) in [5.74, 6) is -2.76. The van der Waals surface area contributed by atoms with Crippen LogP contribution < -0.4 is 10.6 Å². The van der Waals surface area contributed by atoms with E-state index >= 15 is 0 Å². The van der Waals surface area contributed by atoms with Crippen LogP contribution in [0.3, 0.4) is 0 Å². The number of para-hydroxylation sites is 1. The van der Waals surface area contributed by atoms with E-state index < -0.39 is 30.3 Å². The Balaban J connectivity index is 1.95. The zero-order valence-electron chi connectivity index (χ0n) is 12.7. The molecule has 0 unspecified atom stereocenters. The van der Waals surface area contributed by atoms with Crippen molar-refractivity contribution in [1.29, 1.82) is 0 Å². The number of carbonyl (C=O) groups is 4. The first-order valence-corrected chi connectivity index (χ1v) is 7.50. The highest BCUT2D eigenvalue weighted by atomic mass is 35.5. The molecule has 0 atom stereocenters. The molecule has 0 bridgehead atoms. The van der Waals surface area contributed by atoms with Gasteiger partial charge in [-0.2, -0.15) is 0 Å². The van der Waals surface area contributed by atoms with Crippen LogP contribution >= 0.6 is 11.6 Å². The number of nitrogens with zero attached hydrogens (tertiary/aromatic N) is 1. The standard InChI is InChI=1S/C17H11ClN2O5/c18-12-3-1-2-4-13(12)20-15(22)10-6-5-9(7-11(10)16(20)23)17(24)25-8-14(19)21/h1-7H,8H2,(H2,19,21). The van der Waals surface area contributed by atoms with Crippen molar-refractivity contribution in [2.24, 2.45) is 5.73 Å². The number of carbonyl (C=O) groups excluding carboxylic acids is 4. The number of hydrogen-bond acceptors (Lipinski definition) is 5. The Kier molecular flexibility index (Phi) is 4.24. The molecule has 7 nitrogen and oxygen atoms in total. The number of amides is 3. The van der Waals surface area contributed by atoms with E-state index in [1.807, 2.05) is 0 Å². The molecular weight excluding hydrogens is 348 g/mol. The second-order valence-corrected chi connectivity index (χ2v) is 5.61. The minimum absolute atomic E-state index is 0.0298. The lowest BCUT2D eigenvalue weighted by atomic mass is 10.1. The molecule has 0 fully saturated rings. The van der Waals surface area contributed by atoms with E-state index in [4.69, 9.17) is 22.1 Å². The molecule has 1 heterocycles. The van der Waals surface area contributed by atoms with Crippen molar-refractivity contribution in [3.63, 3.8) is 0 Å². The number of rotatable bonds is 4. The van der Waals surface area contributed by atoms with E-state index in [0.717, 1.165) is 4.90 Å². The molecule has 0 spiro atoms. The van der Waals surface area contributed by atoms with Crippen LogP contribution in [-0.2, 0) is 9.53 Å². The number of anilines is 1. The lowest BCUT2D eigenvalue weighted by molar-refractivity contribution is -0.121. The highest BCUT2D eigenvalue weighted by Gasteiger charge is 2.38. The maximum absolute atomic E-state index is 12.6. The van der Waals surface area contributed by atoms with Gasteiger partial charge in [-0.15, -0.1) is 0 Å². The average Bonchev–Trinajstić information content (AvgIpc) is 2.84. The lowest BCUT2D eigenvalue weighted by Crippen LogP contribution is -2.29. The molecule has 0 saturated heterocycles. The zero-order valence-corrected chi connectivity index (χ0v) is 13.4. The number of halogens is 1. The van der Waals surface area contributed by atoms with Gasteiger partial charge in [-0.1, -0.05) is 23.7 Å². The molecule has 126 valence electrons. The Morgan fingerprint density at radius 1 is 1.04 bits per heavy atom. The lowest BCUT2D eigenvalue weighted by Gasteiger charge is -2.15. The molecule has 0 saturated carbocycles. The molecule has 3 amide bonds. The van der Waals surface area contributed by atoms with Crippen molar-refractivity contribution in [1.82, 2.24) is 0 Å². The van der Waals surface area contributed by atoms with Crippen molar-refractivity contribution in [2.75, 3.05) is 11.5 Å². The summed E-state index contributed by atoms with van der Waals surface area (Å²) >= 11 is 6.07. The third-order valence-electron chi connectivity index (χ3n) is 3.56. The Morgan fingerprint density at radius 3 is 2.40 bits per heavy atom. The summed E-state index contributed by atoms with van der Waals surface area (Å²) in [4.78, 5) is 48.7. The highest BCUT2D eigenvalue weighted by molar-refractivity contribution is 6.39. The average molecular weight is 359 g/mol. The zero-order chi connectivity index (χ0) is 18.1. The quantitative estimate of drug-likeness (QED) is 0.662. The molecule has 0 aromatic heterocycles. The number of nitrogens with two attached hydrogens (primary N) is 1. The Bertz CT molecular complexity index is 925. The summed E-state index contributed by atoms with van der Waals surface area (Å²) in [6.45, 7) is -0.575. The van der Waals surface area contributed by atoms with Gasteiger partial charge in [0.15, 0.2) is 6.61 Å². The van der Waals surface area contributed by atoms with Gasteiger partial charge in [-0.05, 0) is 30.3 Å². The molecule has 2 aromatic carbocycles. The number of esters is 1. The number of benzene rings is 2. The molecule has 2 N–H and O–H groups in total. The van der Waals surface area contributed by atoms with Crippen LogP contribution in [0.1, 0.15) is 31.1 Å². The van der Waals surface area contributed by atoms with Crippen molar-refractivity contribution in [3.05, 3.63) is 64.2 Å². The number of imide groups is 1. The molecular formula is C17H11ClN2O5. The van der Waals surface area contributed by atoms with Crippen LogP contribution in [-0.4, -0.2) is 30.3 Å². The van der Waals surface area contributed by atoms with Gasteiger partial charge in [-0.25, -0.2) is 9.69 Å². The fraction of sp³-hybridized carbons (Fsp3) is 0.0588. The van der Waals surface area contributed by atoms with Gasteiger partial charge in [0, 0.05) is 0 Å². The van der Waals surface area contributed by atoms with Crippen LogP contribution in [0.5, 0.6) is 0 Å². The molecule has 25 heavy (non-hydrogen) atoms. The SMILES string of the molecule is NC(=O)COC(=O)c1ccc2c(c1)C(=O)N(c1ccccc1Cl)C2=O. The van der Waals surface area contributed by atoms with Crippen molar-refractivity contribution in [2.45, 2.75) is 0 Å². The van der Waals surface area contributed by atoms with Crippen LogP contribution in [0, 0.1) is 0 Å². The largest absolute Gasteiger partial charge is 0.452 e. The molecule has 0 radical (unpaired) electrons. The van der Waals surface area contributed by atoms with E-state index in [1.54, 1.807) is 24.3 Å². The maximum Gasteiger partial charge on any atom is 0.338 e. The Morgan fingerprint density at radius 2 is 1.72 bits per heavy atom. The normalized spacial score (nSPS) is 12.9. The van der Waals surface area contributed by atoms with Crippen LogP contribution in [0.4, 0.5) is 5.69 Å². The number of fused-ring (bicyclic) bond motifs is 1. The molecule has 8 heteroatoms. The third kappa shape index (κ3) is 2.97. The van der Waals surface area contributed by atoms with Gasteiger partial charge in [0.05, 0.1) is 27.4 Å². The van der Waals surface area contributed by atoms with Crippen LogP contribution in [0.2, 0.25) is 5.02 Å². The third-order valence-corrected chi connectivity index (χ3v) is 3.88. The first kappa shape index (κ1) is 16.7. The van der Waals surface area contributed by atoms with Gasteiger partial charge in [0.1, 0.15) is 0 Å². The minimum Gasteiger partial charge on any atom is -0.452 e. The molecule has 3 rings (SSSR count). The topological polar surface area (TPSA) is 107 Å². The summed E-state index contributed by atoms with van der Waals surface area (Å²) < 4.78 is 4.70. The van der Waals surface area contributed by atoms with E-state index in [0.29, 0.717) is 0 Å². The molecule has 2 aromatic rings. The maximum atomic E-state index is 12.6. The molecule has 0 aliphatic carbocycles. The van der Waals surface area contributed by atoms with Crippen molar-refractivity contribution < 1.29 is 23.9 Å². The minimum atomic E-state index is -0.821. The Labute approximate surface area is 146 Å². The number of ether oxygens (including phenoxy) is 1. The number of hydrogen-bond donors (Lipinski definition) is 1. The highest BCUT2D eigenvalue weighted by Crippen LogP contribution is 2.33. The van der Waals surface area contributed by atoms with Gasteiger partial charge < -0.3 is 10.5 Å². The fourth-order valence-electron chi connectivity index (χ4n) is 2.44. The Hall–Kier alpha value is -3.19. The van der Waals surface area contributed by atoms with E-state index in [-0.39, 0.29) is 27.4 Å². The predicted molar refractivity (Wildman–Crippen MR) is 88.5 cm³/mol. The summed E-state index contributed by atoms with van der Waals surface area (Å²) in [6, 6.07) is 10.4. The van der Waals surface area contributed by atoms with Crippen molar-refractivity contribution in [3.8, 4) is 0 Å². The summed E-state index contributed by atoms with van der Waals surface area (Å²) in [5.41, 5.74) is 5.40. The summed E-state index contributed by atoms with van der Waals surface area (Å²) in [7, 11) is 0. The fourth-order valence-corrected chi connectivity index (χ4v) is 2.66. The van der Waals surface area contributed by atoms with Crippen molar-refractivity contribution >= 4 is 41.0 Å². The molecule has 1 aliphatic heterocycles. The van der Waals surface area contributed by atoms with Gasteiger partial charge in [0.2, 0.25) is 0 Å².